The normalized spacial score (nSPS) is 11.1. The third-order valence-electron chi connectivity index (χ3n) is 3.17. The summed E-state index contributed by atoms with van der Waals surface area (Å²) in [6.45, 7) is 11.8. The van der Waals surface area contributed by atoms with Crippen LogP contribution in [0, 0.1) is 0 Å². The molecule has 0 aliphatic heterocycles. The van der Waals surface area contributed by atoms with Crippen molar-refractivity contribution in [2.75, 3.05) is 31.7 Å². The average molecular weight is 279 g/mol. The molecule has 0 aliphatic carbocycles. The van der Waals surface area contributed by atoms with E-state index in [4.69, 9.17) is 9.72 Å². The molecule has 0 aromatic carbocycles. The highest BCUT2D eigenvalue weighted by atomic mass is 16.5. The molecular weight excluding hydrogens is 250 g/mol. The topological polar surface area (TPSA) is 37.4 Å². The predicted octanol–water partition coefficient (Wildman–Crippen LogP) is 2.61. The van der Waals surface area contributed by atoms with Crippen LogP contribution in [-0.2, 0) is 17.7 Å². The zero-order chi connectivity index (χ0) is 15.0. The van der Waals surface area contributed by atoms with Gasteiger partial charge in [-0.15, -0.1) is 0 Å². The summed E-state index contributed by atoms with van der Waals surface area (Å²) in [5.74, 6) is 1.03. The number of rotatable bonds is 9. The molecule has 1 aromatic heterocycles. The van der Waals surface area contributed by atoms with Gasteiger partial charge in [0.1, 0.15) is 5.82 Å². The summed E-state index contributed by atoms with van der Waals surface area (Å²) in [5, 5.41) is 3.46. The highest BCUT2D eigenvalue weighted by Crippen LogP contribution is 2.15. The zero-order valence-electron chi connectivity index (χ0n) is 13.6. The number of hydrogen-bond acceptors (Lipinski definition) is 4. The molecule has 4 heteroatoms. The molecule has 0 bridgehead atoms. The molecule has 1 heterocycles. The highest BCUT2D eigenvalue weighted by Gasteiger charge is 2.07. The van der Waals surface area contributed by atoms with Crippen LogP contribution in [0.5, 0.6) is 0 Å². The van der Waals surface area contributed by atoms with Gasteiger partial charge in [-0.25, -0.2) is 4.98 Å². The number of nitrogens with one attached hydrogen (secondary N) is 1. The molecule has 4 nitrogen and oxygen atoms in total. The van der Waals surface area contributed by atoms with E-state index in [0.29, 0.717) is 6.04 Å². The first kappa shape index (κ1) is 16.9. The smallest absolute Gasteiger partial charge is 0.128 e. The molecule has 0 saturated carbocycles. The van der Waals surface area contributed by atoms with Crippen molar-refractivity contribution in [3.63, 3.8) is 0 Å². The zero-order valence-corrected chi connectivity index (χ0v) is 13.6. The first-order valence-electron chi connectivity index (χ1n) is 7.58. The lowest BCUT2D eigenvalue weighted by Crippen LogP contribution is -2.25. The lowest BCUT2D eigenvalue weighted by atomic mass is 10.2. The molecule has 1 aromatic rings. The van der Waals surface area contributed by atoms with E-state index in [-0.39, 0.29) is 0 Å². The number of ether oxygens (including phenoxy) is 1. The lowest BCUT2D eigenvalue weighted by Gasteiger charge is -2.20. The van der Waals surface area contributed by atoms with Crippen LogP contribution in [0.25, 0.3) is 0 Å². The van der Waals surface area contributed by atoms with Gasteiger partial charge in [0.25, 0.3) is 0 Å². The van der Waals surface area contributed by atoms with Crippen LogP contribution in [0.1, 0.15) is 39.0 Å². The highest BCUT2D eigenvalue weighted by molar-refractivity contribution is 5.42. The van der Waals surface area contributed by atoms with Gasteiger partial charge in [-0.05, 0) is 31.0 Å². The van der Waals surface area contributed by atoms with Crippen molar-refractivity contribution >= 4 is 5.82 Å². The molecule has 0 atom stereocenters. The van der Waals surface area contributed by atoms with Gasteiger partial charge >= 0.3 is 0 Å². The summed E-state index contributed by atoms with van der Waals surface area (Å²) in [4.78, 5) is 6.86. The molecule has 0 fully saturated rings. The van der Waals surface area contributed by atoms with Crippen LogP contribution in [-0.4, -0.2) is 37.8 Å². The Labute approximate surface area is 123 Å². The predicted molar refractivity (Wildman–Crippen MR) is 85.4 cm³/mol. The van der Waals surface area contributed by atoms with Crippen molar-refractivity contribution < 1.29 is 4.74 Å². The van der Waals surface area contributed by atoms with Crippen LogP contribution >= 0.6 is 0 Å². The Bertz CT molecular complexity index is 393. The van der Waals surface area contributed by atoms with E-state index < -0.39 is 0 Å². The fourth-order valence-corrected chi connectivity index (χ4v) is 1.89. The molecule has 0 unspecified atom stereocenters. The third-order valence-corrected chi connectivity index (χ3v) is 3.17. The van der Waals surface area contributed by atoms with Crippen molar-refractivity contribution in [1.29, 1.82) is 0 Å². The van der Waals surface area contributed by atoms with E-state index in [9.17, 15) is 0 Å². The van der Waals surface area contributed by atoms with Crippen molar-refractivity contribution in [2.45, 2.75) is 46.7 Å². The third kappa shape index (κ3) is 5.88. The second-order valence-corrected chi connectivity index (χ2v) is 5.33. The summed E-state index contributed by atoms with van der Waals surface area (Å²) in [5.41, 5.74) is 2.44. The minimum absolute atomic E-state index is 0.493. The maximum atomic E-state index is 5.41. The summed E-state index contributed by atoms with van der Waals surface area (Å²) >= 11 is 0. The van der Waals surface area contributed by atoms with E-state index in [2.05, 4.69) is 50.2 Å². The van der Waals surface area contributed by atoms with Crippen LogP contribution in [0.4, 0.5) is 5.82 Å². The molecular formula is C16H29N3O. The molecule has 1 N–H and O–H groups in total. The Balaban J connectivity index is 2.75. The van der Waals surface area contributed by atoms with Crippen molar-refractivity contribution in [3.8, 4) is 0 Å². The lowest BCUT2D eigenvalue weighted by molar-refractivity contribution is 0.154. The number of aryl methyl sites for hydroxylation is 1. The number of anilines is 1. The number of pyridine rings is 1. The Kier molecular flexibility index (Phi) is 7.55. The van der Waals surface area contributed by atoms with E-state index in [1.807, 2.05) is 6.92 Å². The van der Waals surface area contributed by atoms with Crippen LogP contribution in [0.2, 0.25) is 0 Å². The molecule has 0 spiro atoms. The van der Waals surface area contributed by atoms with Gasteiger partial charge in [0.05, 0.1) is 6.61 Å². The van der Waals surface area contributed by atoms with Crippen molar-refractivity contribution in [2.24, 2.45) is 0 Å². The molecule has 0 radical (unpaired) electrons. The second kappa shape index (κ2) is 8.93. The number of aromatic nitrogens is 1. The largest absolute Gasteiger partial charge is 0.380 e. The van der Waals surface area contributed by atoms with Gasteiger partial charge in [0.15, 0.2) is 0 Å². The van der Waals surface area contributed by atoms with E-state index in [0.717, 1.165) is 44.2 Å². The molecule has 0 aliphatic rings. The van der Waals surface area contributed by atoms with Crippen molar-refractivity contribution in [3.05, 3.63) is 23.4 Å². The standard InChI is InChI=1S/C16H29N3O/c1-6-15-10-14(12-17-13(3)4)11-16(18-15)19(5)8-9-20-7-2/h10-11,13,17H,6-9,12H2,1-5H3. The number of nitrogens with zero attached hydrogens (tertiary/aromatic N) is 2. The van der Waals surface area contributed by atoms with Crippen molar-refractivity contribution in [1.82, 2.24) is 10.3 Å². The van der Waals surface area contributed by atoms with Gasteiger partial charge in [0.2, 0.25) is 0 Å². The Morgan fingerprint density at radius 2 is 2.05 bits per heavy atom. The van der Waals surface area contributed by atoms with Gasteiger partial charge in [0, 0.05) is 38.5 Å². The monoisotopic (exact) mass is 279 g/mol. The quantitative estimate of drug-likeness (QED) is 0.705. The second-order valence-electron chi connectivity index (χ2n) is 5.33. The minimum Gasteiger partial charge on any atom is -0.380 e. The van der Waals surface area contributed by atoms with Crippen LogP contribution < -0.4 is 10.2 Å². The Morgan fingerprint density at radius 3 is 2.65 bits per heavy atom. The molecule has 114 valence electrons. The van der Waals surface area contributed by atoms with E-state index in [1.165, 1.54) is 5.56 Å². The average Bonchev–Trinajstić information content (AvgIpc) is 2.44. The molecule has 0 amide bonds. The first-order valence-corrected chi connectivity index (χ1v) is 7.58. The van der Waals surface area contributed by atoms with Crippen LogP contribution in [0.3, 0.4) is 0 Å². The SMILES string of the molecule is CCOCCN(C)c1cc(CNC(C)C)cc(CC)n1. The minimum atomic E-state index is 0.493. The summed E-state index contributed by atoms with van der Waals surface area (Å²) in [6, 6.07) is 4.85. The van der Waals surface area contributed by atoms with Gasteiger partial charge in [-0.3, -0.25) is 0 Å². The fourth-order valence-electron chi connectivity index (χ4n) is 1.89. The maximum Gasteiger partial charge on any atom is 0.128 e. The summed E-state index contributed by atoms with van der Waals surface area (Å²) in [7, 11) is 2.07. The van der Waals surface area contributed by atoms with Gasteiger partial charge < -0.3 is 15.0 Å². The molecule has 20 heavy (non-hydrogen) atoms. The number of hydrogen-bond donors (Lipinski definition) is 1. The maximum absolute atomic E-state index is 5.41. The van der Waals surface area contributed by atoms with Gasteiger partial charge in [-0.1, -0.05) is 20.8 Å². The molecule has 0 saturated heterocycles. The summed E-state index contributed by atoms with van der Waals surface area (Å²) < 4.78 is 5.41. The van der Waals surface area contributed by atoms with E-state index in [1.54, 1.807) is 0 Å². The fraction of sp³-hybridized carbons (Fsp3) is 0.688. The van der Waals surface area contributed by atoms with Gasteiger partial charge in [-0.2, -0.15) is 0 Å². The van der Waals surface area contributed by atoms with Crippen LogP contribution in [0.15, 0.2) is 12.1 Å². The summed E-state index contributed by atoms with van der Waals surface area (Å²) in [6.07, 6.45) is 0.960. The Morgan fingerprint density at radius 1 is 1.30 bits per heavy atom. The first-order chi connectivity index (χ1) is 9.56. The molecule has 1 rings (SSSR count). The Hall–Kier alpha value is -1.13. The number of likely N-dealkylation sites (N-methyl/N-ethyl adjacent to an activating group) is 1. The van der Waals surface area contributed by atoms with E-state index >= 15 is 0 Å².